The Morgan fingerprint density at radius 1 is 1.29 bits per heavy atom. The first-order valence-electron chi connectivity index (χ1n) is 5.03. The lowest BCUT2D eigenvalue weighted by Gasteiger charge is -2.17. The van der Waals surface area contributed by atoms with E-state index in [4.69, 9.17) is 15.2 Å². The lowest BCUT2D eigenvalue weighted by molar-refractivity contribution is -0.149. The van der Waals surface area contributed by atoms with Gasteiger partial charge in [-0.25, -0.2) is 0 Å². The van der Waals surface area contributed by atoms with Gasteiger partial charge in [0, 0.05) is 0 Å². The van der Waals surface area contributed by atoms with E-state index in [9.17, 15) is 13.2 Å². The summed E-state index contributed by atoms with van der Waals surface area (Å²) in [5, 5.41) is 0. The van der Waals surface area contributed by atoms with Crippen molar-refractivity contribution in [2.45, 2.75) is 19.1 Å². The first kappa shape index (κ1) is 13.6. The van der Waals surface area contributed by atoms with Gasteiger partial charge in [0.15, 0.2) is 11.5 Å². The summed E-state index contributed by atoms with van der Waals surface area (Å²) in [6, 6.07) is 1.92. The molecule has 0 spiro atoms. The van der Waals surface area contributed by atoms with Crippen LogP contribution in [0, 0.1) is 0 Å². The highest BCUT2D eigenvalue weighted by Gasteiger charge is 2.38. The average molecular weight is 249 g/mol. The van der Waals surface area contributed by atoms with Crippen molar-refractivity contribution in [2.24, 2.45) is 5.73 Å². The second kappa shape index (κ2) is 5.27. The summed E-state index contributed by atoms with van der Waals surface area (Å²) >= 11 is 0. The molecule has 1 atom stereocenters. The van der Waals surface area contributed by atoms with Crippen LogP contribution in [0.25, 0.3) is 0 Å². The van der Waals surface area contributed by atoms with E-state index < -0.39 is 12.2 Å². The smallest absolute Gasteiger partial charge is 0.407 e. The predicted molar refractivity (Wildman–Crippen MR) is 57.1 cm³/mol. The summed E-state index contributed by atoms with van der Waals surface area (Å²) in [5.41, 5.74) is 5.05. The van der Waals surface area contributed by atoms with Crippen LogP contribution in [-0.4, -0.2) is 19.9 Å². The topological polar surface area (TPSA) is 44.5 Å². The Morgan fingerprint density at radius 2 is 1.94 bits per heavy atom. The van der Waals surface area contributed by atoms with Crippen LogP contribution in [0.1, 0.15) is 18.5 Å². The highest BCUT2D eigenvalue weighted by Crippen LogP contribution is 2.35. The van der Waals surface area contributed by atoms with Gasteiger partial charge in [-0.15, -0.1) is 0 Å². The fraction of sp³-hybridized carbons (Fsp3) is 0.455. The molecule has 17 heavy (non-hydrogen) atoms. The first-order chi connectivity index (χ1) is 7.90. The molecule has 96 valence electrons. The van der Waals surface area contributed by atoms with Crippen LogP contribution in [0.5, 0.6) is 11.5 Å². The molecule has 0 amide bonds. The zero-order valence-electron chi connectivity index (χ0n) is 9.54. The highest BCUT2D eigenvalue weighted by molar-refractivity contribution is 5.44. The monoisotopic (exact) mass is 249 g/mol. The number of methoxy groups -OCH3 is 1. The molecule has 0 saturated carbocycles. The van der Waals surface area contributed by atoms with Crippen LogP contribution in [0.4, 0.5) is 13.2 Å². The van der Waals surface area contributed by atoms with Crippen molar-refractivity contribution in [1.82, 2.24) is 0 Å². The van der Waals surface area contributed by atoms with Crippen molar-refractivity contribution >= 4 is 0 Å². The van der Waals surface area contributed by atoms with Crippen molar-refractivity contribution in [1.29, 1.82) is 0 Å². The van der Waals surface area contributed by atoms with Gasteiger partial charge in [-0.05, 0) is 24.6 Å². The van der Waals surface area contributed by atoms with Crippen molar-refractivity contribution < 1.29 is 22.6 Å². The van der Waals surface area contributed by atoms with Gasteiger partial charge in [0.25, 0.3) is 0 Å². The van der Waals surface area contributed by atoms with E-state index in [1.807, 2.05) is 0 Å². The Kier molecular flexibility index (Phi) is 4.22. The Hall–Kier alpha value is -1.43. The zero-order valence-corrected chi connectivity index (χ0v) is 9.54. The van der Waals surface area contributed by atoms with E-state index >= 15 is 0 Å². The van der Waals surface area contributed by atoms with Crippen molar-refractivity contribution in [2.75, 3.05) is 13.7 Å². The minimum absolute atomic E-state index is 0.0539. The fourth-order valence-corrected chi connectivity index (χ4v) is 1.34. The van der Waals surface area contributed by atoms with E-state index in [-0.39, 0.29) is 11.3 Å². The minimum atomic E-state index is -4.47. The molecule has 0 radical (unpaired) electrons. The van der Waals surface area contributed by atoms with E-state index in [2.05, 4.69) is 0 Å². The largest absolute Gasteiger partial charge is 0.493 e. The molecular formula is C11H14F3NO2. The Labute approximate surface area is 97.3 Å². The average Bonchev–Trinajstić information content (AvgIpc) is 2.27. The molecule has 1 aromatic carbocycles. The fourth-order valence-electron chi connectivity index (χ4n) is 1.34. The molecule has 0 aliphatic rings. The van der Waals surface area contributed by atoms with Gasteiger partial charge in [0.05, 0.1) is 13.7 Å². The Morgan fingerprint density at radius 3 is 2.41 bits per heavy atom. The molecule has 0 unspecified atom stereocenters. The predicted octanol–water partition coefficient (Wildman–Crippen LogP) is 2.66. The van der Waals surface area contributed by atoms with Crippen LogP contribution < -0.4 is 15.2 Å². The standard InChI is InChI=1S/C11H14F3NO2/c1-3-17-9-6-7(4-5-8(9)16-2)10(15)11(12,13)14/h4-6,10H,3,15H2,1-2H3/t10-/m0/s1. The van der Waals surface area contributed by atoms with Gasteiger partial charge in [0.2, 0.25) is 0 Å². The highest BCUT2D eigenvalue weighted by atomic mass is 19.4. The van der Waals surface area contributed by atoms with Crippen molar-refractivity contribution in [3.8, 4) is 11.5 Å². The van der Waals surface area contributed by atoms with Gasteiger partial charge < -0.3 is 15.2 Å². The van der Waals surface area contributed by atoms with Crippen LogP contribution >= 0.6 is 0 Å². The third-order valence-corrected chi connectivity index (χ3v) is 2.20. The molecule has 1 aromatic rings. The van der Waals surface area contributed by atoms with Crippen LogP contribution in [0.15, 0.2) is 18.2 Å². The summed E-state index contributed by atoms with van der Waals surface area (Å²) in [5.74, 6) is 0.636. The molecule has 0 heterocycles. The van der Waals surface area contributed by atoms with Crippen LogP contribution in [0.2, 0.25) is 0 Å². The van der Waals surface area contributed by atoms with Crippen molar-refractivity contribution in [3.63, 3.8) is 0 Å². The third kappa shape index (κ3) is 3.26. The molecule has 3 nitrogen and oxygen atoms in total. The van der Waals surface area contributed by atoms with E-state index in [0.29, 0.717) is 12.4 Å². The number of hydrogen-bond acceptors (Lipinski definition) is 3. The van der Waals surface area contributed by atoms with Gasteiger partial charge in [-0.1, -0.05) is 6.07 Å². The van der Waals surface area contributed by atoms with E-state index in [1.54, 1.807) is 6.92 Å². The number of hydrogen-bond donors (Lipinski definition) is 1. The number of rotatable bonds is 4. The second-order valence-corrected chi connectivity index (χ2v) is 3.36. The van der Waals surface area contributed by atoms with Gasteiger partial charge >= 0.3 is 6.18 Å². The Bertz CT molecular complexity index is 379. The summed E-state index contributed by atoms with van der Waals surface area (Å²) in [7, 11) is 1.42. The number of ether oxygens (including phenoxy) is 2. The quantitative estimate of drug-likeness (QED) is 0.892. The van der Waals surface area contributed by atoms with E-state index in [0.717, 1.165) is 0 Å². The summed E-state index contributed by atoms with van der Waals surface area (Å²) < 4.78 is 47.5. The van der Waals surface area contributed by atoms with E-state index in [1.165, 1.54) is 25.3 Å². The Balaban J connectivity index is 3.07. The molecule has 0 saturated heterocycles. The third-order valence-electron chi connectivity index (χ3n) is 2.20. The molecule has 6 heteroatoms. The number of nitrogens with two attached hydrogens (primary N) is 1. The first-order valence-corrected chi connectivity index (χ1v) is 5.03. The second-order valence-electron chi connectivity index (χ2n) is 3.36. The SMILES string of the molecule is CCOc1cc([C@H](N)C(F)(F)F)ccc1OC. The number of halogens is 3. The molecule has 0 fully saturated rings. The number of benzene rings is 1. The number of alkyl halides is 3. The summed E-state index contributed by atoms with van der Waals surface area (Å²) in [6.07, 6.45) is -4.47. The van der Waals surface area contributed by atoms with Gasteiger partial charge in [-0.3, -0.25) is 0 Å². The van der Waals surface area contributed by atoms with Crippen molar-refractivity contribution in [3.05, 3.63) is 23.8 Å². The lowest BCUT2D eigenvalue weighted by atomic mass is 10.1. The van der Waals surface area contributed by atoms with Gasteiger partial charge in [-0.2, -0.15) is 13.2 Å². The van der Waals surface area contributed by atoms with Gasteiger partial charge in [0.1, 0.15) is 6.04 Å². The maximum Gasteiger partial charge on any atom is 0.407 e. The summed E-state index contributed by atoms with van der Waals surface area (Å²) in [6.45, 7) is 2.07. The molecule has 0 aliphatic heterocycles. The molecule has 0 aromatic heterocycles. The lowest BCUT2D eigenvalue weighted by Crippen LogP contribution is -2.28. The molecule has 0 aliphatic carbocycles. The molecular weight excluding hydrogens is 235 g/mol. The summed E-state index contributed by atoms with van der Waals surface area (Å²) in [4.78, 5) is 0. The molecule has 1 rings (SSSR count). The zero-order chi connectivity index (χ0) is 13.1. The molecule has 0 bridgehead atoms. The maximum atomic E-state index is 12.4. The van der Waals surface area contributed by atoms with Crippen LogP contribution in [0.3, 0.4) is 0 Å². The maximum absolute atomic E-state index is 12.4. The normalized spacial score (nSPS) is 13.3. The van der Waals surface area contributed by atoms with Crippen LogP contribution in [-0.2, 0) is 0 Å². The molecule has 2 N–H and O–H groups in total. The minimum Gasteiger partial charge on any atom is -0.493 e.